The van der Waals surface area contributed by atoms with Gasteiger partial charge < -0.3 is 10.5 Å². The predicted octanol–water partition coefficient (Wildman–Crippen LogP) is 3.20. The molecule has 0 fully saturated rings. The monoisotopic (exact) mass is 277 g/mol. The van der Waals surface area contributed by atoms with Gasteiger partial charge in [-0.1, -0.05) is 60.7 Å². The van der Waals surface area contributed by atoms with Gasteiger partial charge in [0.2, 0.25) is 0 Å². The van der Waals surface area contributed by atoms with Crippen molar-refractivity contribution < 1.29 is 4.74 Å². The van der Waals surface area contributed by atoms with Crippen molar-refractivity contribution in [3.8, 4) is 0 Å². The van der Waals surface area contributed by atoms with Crippen molar-refractivity contribution in [1.82, 2.24) is 0 Å². The van der Waals surface area contributed by atoms with Crippen molar-refractivity contribution in [3.05, 3.63) is 71.8 Å². The highest BCUT2D eigenvalue weighted by atomic mass is 35.5. The van der Waals surface area contributed by atoms with E-state index in [9.17, 15) is 0 Å². The van der Waals surface area contributed by atoms with E-state index >= 15 is 0 Å². The molecule has 0 unspecified atom stereocenters. The maximum absolute atomic E-state index is 6.04. The molecule has 2 nitrogen and oxygen atoms in total. The molecule has 0 saturated heterocycles. The van der Waals surface area contributed by atoms with Crippen LogP contribution in [0.1, 0.15) is 11.1 Å². The molecule has 0 spiro atoms. The number of ether oxygens (including phenoxy) is 1. The third-order valence-corrected chi connectivity index (χ3v) is 2.78. The van der Waals surface area contributed by atoms with Gasteiger partial charge >= 0.3 is 0 Å². The standard InChI is InChI=1S/C16H19NO.ClH/c17-16(11-14-7-3-1-4-8-14)13-18-12-15-9-5-2-6-10-15;/h1-10,16H,11-13,17H2;1H/t16-;/m0./s1. The zero-order valence-electron chi connectivity index (χ0n) is 10.9. The number of nitrogens with two attached hydrogens (primary N) is 1. The van der Waals surface area contributed by atoms with E-state index in [-0.39, 0.29) is 18.4 Å². The minimum Gasteiger partial charge on any atom is -0.375 e. The van der Waals surface area contributed by atoms with Crippen LogP contribution in [0.3, 0.4) is 0 Å². The topological polar surface area (TPSA) is 35.2 Å². The Bertz CT molecular complexity index is 447. The van der Waals surface area contributed by atoms with E-state index < -0.39 is 0 Å². The van der Waals surface area contributed by atoms with Gasteiger partial charge in [0, 0.05) is 6.04 Å². The summed E-state index contributed by atoms with van der Waals surface area (Å²) >= 11 is 0. The van der Waals surface area contributed by atoms with E-state index in [0.717, 1.165) is 6.42 Å². The highest BCUT2D eigenvalue weighted by Gasteiger charge is 2.04. The molecule has 102 valence electrons. The highest BCUT2D eigenvalue weighted by Crippen LogP contribution is 2.04. The van der Waals surface area contributed by atoms with Crippen LogP contribution in [0.2, 0.25) is 0 Å². The van der Waals surface area contributed by atoms with Crippen molar-refractivity contribution in [1.29, 1.82) is 0 Å². The Labute approximate surface area is 121 Å². The molecule has 3 heteroatoms. The smallest absolute Gasteiger partial charge is 0.0717 e. The van der Waals surface area contributed by atoms with Crippen molar-refractivity contribution in [2.45, 2.75) is 19.1 Å². The first-order valence-electron chi connectivity index (χ1n) is 6.26. The summed E-state index contributed by atoms with van der Waals surface area (Å²) in [5, 5.41) is 0. The number of benzene rings is 2. The van der Waals surface area contributed by atoms with E-state index in [2.05, 4.69) is 24.3 Å². The minimum atomic E-state index is 0. The van der Waals surface area contributed by atoms with E-state index in [0.29, 0.717) is 13.2 Å². The predicted molar refractivity (Wildman–Crippen MR) is 81.5 cm³/mol. The largest absolute Gasteiger partial charge is 0.375 e. The molecule has 19 heavy (non-hydrogen) atoms. The number of rotatable bonds is 6. The Morgan fingerprint density at radius 2 is 1.37 bits per heavy atom. The fourth-order valence-electron chi connectivity index (χ4n) is 1.88. The molecule has 0 aliphatic carbocycles. The highest BCUT2D eigenvalue weighted by molar-refractivity contribution is 5.85. The van der Waals surface area contributed by atoms with Crippen LogP contribution in [0, 0.1) is 0 Å². The molecule has 2 N–H and O–H groups in total. The summed E-state index contributed by atoms with van der Waals surface area (Å²) in [6.45, 7) is 1.22. The summed E-state index contributed by atoms with van der Waals surface area (Å²) in [7, 11) is 0. The third kappa shape index (κ3) is 5.88. The lowest BCUT2D eigenvalue weighted by molar-refractivity contribution is 0.108. The van der Waals surface area contributed by atoms with Crippen LogP contribution in [-0.4, -0.2) is 12.6 Å². The minimum absolute atomic E-state index is 0. The molecule has 0 bridgehead atoms. The average Bonchev–Trinajstić information content (AvgIpc) is 2.41. The van der Waals surface area contributed by atoms with Gasteiger partial charge in [-0.3, -0.25) is 0 Å². The number of halogens is 1. The molecule has 0 aliphatic rings. The van der Waals surface area contributed by atoms with E-state index in [4.69, 9.17) is 10.5 Å². The van der Waals surface area contributed by atoms with Crippen LogP contribution in [0.25, 0.3) is 0 Å². The zero-order valence-corrected chi connectivity index (χ0v) is 11.7. The van der Waals surface area contributed by atoms with Gasteiger partial charge in [0.15, 0.2) is 0 Å². The second-order valence-corrected chi connectivity index (χ2v) is 4.45. The van der Waals surface area contributed by atoms with Crippen molar-refractivity contribution in [3.63, 3.8) is 0 Å². The molecule has 0 heterocycles. The first kappa shape index (κ1) is 15.7. The van der Waals surface area contributed by atoms with Crippen molar-refractivity contribution in [2.24, 2.45) is 5.73 Å². The molecule has 2 aromatic carbocycles. The van der Waals surface area contributed by atoms with Gasteiger partial charge in [0.25, 0.3) is 0 Å². The summed E-state index contributed by atoms with van der Waals surface area (Å²) < 4.78 is 5.63. The SMILES string of the molecule is Cl.N[C@H](COCc1ccccc1)Cc1ccccc1. The van der Waals surface area contributed by atoms with Gasteiger partial charge in [-0.15, -0.1) is 12.4 Å². The maximum atomic E-state index is 6.04. The Morgan fingerprint density at radius 3 is 1.95 bits per heavy atom. The van der Waals surface area contributed by atoms with Crippen LogP contribution in [0.4, 0.5) is 0 Å². The Hall–Kier alpha value is -1.35. The number of hydrogen-bond acceptors (Lipinski definition) is 2. The Kier molecular flexibility index (Phi) is 7.19. The Morgan fingerprint density at radius 1 is 0.842 bits per heavy atom. The van der Waals surface area contributed by atoms with E-state index in [1.165, 1.54) is 11.1 Å². The molecule has 0 aliphatic heterocycles. The molecule has 0 saturated carbocycles. The van der Waals surface area contributed by atoms with Crippen LogP contribution >= 0.6 is 12.4 Å². The van der Waals surface area contributed by atoms with Crippen LogP contribution < -0.4 is 5.73 Å². The fraction of sp³-hybridized carbons (Fsp3) is 0.250. The van der Waals surface area contributed by atoms with Gasteiger partial charge in [-0.25, -0.2) is 0 Å². The molecule has 2 rings (SSSR count). The summed E-state index contributed by atoms with van der Waals surface area (Å²) in [6.07, 6.45) is 0.857. The third-order valence-electron chi connectivity index (χ3n) is 2.78. The molecule has 0 radical (unpaired) electrons. The lowest BCUT2D eigenvalue weighted by Gasteiger charge is -2.12. The van der Waals surface area contributed by atoms with Crippen molar-refractivity contribution in [2.75, 3.05) is 6.61 Å². The van der Waals surface area contributed by atoms with Crippen molar-refractivity contribution >= 4 is 12.4 Å². The van der Waals surface area contributed by atoms with E-state index in [1.807, 2.05) is 36.4 Å². The van der Waals surface area contributed by atoms with Gasteiger partial charge in [0.05, 0.1) is 13.2 Å². The summed E-state index contributed by atoms with van der Waals surface area (Å²) in [5.41, 5.74) is 8.49. The molecule has 0 amide bonds. The van der Waals surface area contributed by atoms with Gasteiger partial charge in [0.1, 0.15) is 0 Å². The van der Waals surface area contributed by atoms with Gasteiger partial charge in [-0.05, 0) is 17.5 Å². The second kappa shape index (κ2) is 8.70. The zero-order chi connectivity index (χ0) is 12.6. The number of hydrogen-bond donors (Lipinski definition) is 1. The van der Waals surface area contributed by atoms with Crippen LogP contribution in [0.15, 0.2) is 60.7 Å². The fourth-order valence-corrected chi connectivity index (χ4v) is 1.88. The Balaban J connectivity index is 0.00000180. The molecular weight excluding hydrogens is 258 g/mol. The lowest BCUT2D eigenvalue weighted by Crippen LogP contribution is -2.28. The summed E-state index contributed by atoms with van der Waals surface area (Å²) in [6, 6.07) is 20.5. The first-order valence-corrected chi connectivity index (χ1v) is 6.26. The second-order valence-electron chi connectivity index (χ2n) is 4.45. The van der Waals surface area contributed by atoms with E-state index in [1.54, 1.807) is 0 Å². The van der Waals surface area contributed by atoms with Crippen LogP contribution in [0.5, 0.6) is 0 Å². The lowest BCUT2D eigenvalue weighted by atomic mass is 10.1. The molecular formula is C16H20ClNO. The maximum Gasteiger partial charge on any atom is 0.0717 e. The normalized spacial score (nSPS) is 11.6. The molecule has 1 atom stereocenters. The van der Waals surface area contributed by atoms with Crippen LogP contribution in [-0.2, 0) is 17.8 Å². The first-order chi connectivity index (χ1) is 8.84. The summed E-state index contributed by atoms with van der Waals surface area (Å²) in [5.74, 6) is 0. The summed E-state index contributed by atoms with van der Waals surface area (Å²) in [4.78, 5) is 0. The van der Waals surface area contributed by atoms with Gasteiger partial charge in [-0.2, -0.15) is 0 Å². The molecule has 2 aromatic rings. The quantitative estimate of drug-likeness (QED) is 0.880. The average molecular weight is 278 g/mol. The molecule has 0 aromatic heterocycles.